The van der Waals surface area contributed by atoms with Crippen molar-refractivity contribution in [3.05, 3.63) is 15.9 Å². The summed E-state index contributed by atoms with van der Waals surface area (Å²) in [5, 5.41) is 8.76. The Labute approximate surface area is 106 Å². The molecule has 1 aromatic rings. The summed E-state index contributed by atoms with van der Waals surface area (Å²) in [6, 6.07) is 1.93. The monoisotopic (exact) mass is 327 g/mol. The minimum atomic E-state index is -3.74. The number of sulfonamides is 1. The van der Waals surface area contributed by atoms with Crippen LogP contribution in [0, 0.1) is 0 Å². The van der Waals surface area contributed by atoms with E-state index in [2.05, 4.69) is 20.7 Å². The van der Waals surface area contributed by atoms with Crippen LogP contribution in [0.3, 0.4) is 0 Å². The molecule has 5 nitrogen and oxygen atoms in total. The Balaban J connectivity index is 2.91. The van der Waals surface area contributed by atoms with E-state index in [1.165, 1.54) is 6.07 Å². The van der Waals surface area contributed by atoms with E-state index in [0.29, 0.717) is 3.79 Å². The molecule has 1 heterocycles. The molecular weight excluding hydrogens is 318 g/mol. The van der Waals surface area contributed by atoms with Crippen LogP contribution in [0.1, 0.15) is 13.3 Å². The van der Waals surface area contributed by atoms with Crippen LogP contribution < -0.4 is 4.72 Å². The Kier molecular flexibility index (Phi) is 4.48. The Hall–Kier alpha value is -0.440. The van der Waals surface area contributed by atoms with Gasteiger partial charge in [0.25, 0.3) is 10.0 Å². The van der Waals surface area contributed by atoms with Crippen LogP contribution in [-0.2, 0) is 14.8 Å². The lowest BCUT2D eigenvalue weighted by atomic mass is 10.2. The lowest BCUT2D eigenvalue weighted by molar-refractivity contribution is -0.139. The summed E-state index contributed by atoms with van der Waals surface area (Å²) in [6.45, 7) is 1.60. The molecule has 0 saturated carbocycles. The van der Waals surface area contributed by atoms with Crippen LogP contribution in [0.15, 0.2) is 20.1 Å². The van der Waals surface area contributed by atoms with E-state index in [-0.39, 0.29) is 10.6 Å². The molecule has 0 aliphatic heterocycles. The van der Waals surface area contributed by atoms with Gasteiger partial charge in [0.1, 0.15) is 10.3 Å². The Morgan fingerprint density at radius 2 is 2.25 bits per heavy atom. The quantitative estimate of drug-likeness (QED) is 0.861. The molecule has 1 rings (SSSR count). The molecule has 2 N–H and O–H groups in total. The molecule has 0 saturated heterocycles. The summed E-state index contributed by atoms with van der Waals surface area (Å²) in [5.74, 6) is -1.18. The van der Waals surface area contributed by atoms with Crippen LogP contribution >= 0.6 is 27.3 Å². The molecule has 0 amide bonds. The summed E-state index contributed by atoms with van der Waals surface area (Å²) in [7, 11) is -3.74. The predicted octanol–water partition coefficient (Wildman–Crippen LogP) is 1.65. The first kappa shape index (κ1) is 13.6. The first-order valence-electron chi connectivity index (χ1n) is 4.37. The zero-order valence-electron chi connectivity index (χ0n) is 8.31. The molecule has 0 bridgehead atoms. The maximum atomic E-state index is 11.7. The first-order valence-corrected chi connectivity index (χ1v) is 7.46. The minimum absolute atomic E-state index is 0.0964. The highest BCUT2D eigenvalue weighted by atomic mass is 79.9. The molecule has 0 unspecified atom stereocenters. The van der Waals surface area contributed by atoms with Crippen molar-refractivity contribution in [3.8, 4) is 0 Å². The fourth-order valence-electron chi connectivity index (χ4n) is 0.996. The van der Waals surface area contributed by atoms with Crippen LogP contribution in [0.5, 0.6) is 0 Å². The number of hydrogen-bond donors (Lipinski definition) is 2. The van der Waals surface area contributed by atoms with Gasteiger partial charge in [0, 0.05) is 0 Å². The Morgan fingerprint density at radius 3 is 2.62 bits per heavy atom. The molecule has 0 spiro atoms. The zero-order valence-corrected chi connectivity index (χ0v) is 11.5. The number of nitrogens with one attached hydrogen (secondary N) is 1. The summed E-state index contributed by atoms with van der Waals surface area (Å²) in [4.78, 5) is 10.7. The number of aliphatic carboxylic acids is 1. The molecule has 0 aromatic carbocycles. The van der Waals surface area contributed by atoms with E-state index >= 15 is 0 Å². The van der Waals surface area contributed by atoms with Crippen molar-refractivity contribution in [1.29, 1.82) is 0 Å². The highest BCUT2D eigenvalue weighted by Gasteiger charge is 2.24. The highest BCUT2D eigenvalue weighted by molar-refractivity contribution is 9.11. The summed E-state index contributed by atoms with van der Waals surface area (Å²) >= 11 is 4.18. The second-order valence-corrected chi connectivity index (χ2v) is 7.38. The van der Waals surface area contributed by atoms with Gasteiger partial charge in [-0.3, -0.25) is 4.79 Å². The molecular formula is C8H10BrNO4S2. The number of halogens is 1. The van der Waals surface area contributed by atoms with Crippen LogP contribution in [-0.4, -0.2) is 25.5 Å². The van der Waals surface area contributed by atoms with E-state index < -0.39 is 22.0 Å². The van der Waals surface area contributed by atoms with Crippen LogP contribution in [0.25, 0.3) is 0 Å². The van der Waals surface area contributed by atoms with Gasteiger partial charge in [-0.1, -0.05) is 6.92 Å². The van der Waals surface area contributed by atoms with E-state index in [1.807, 2.05) is 0 Å². The lowest BCUT2D eigenvalue weighted by Crippen LogP contribution is -2.39. The van der Waals surface area contributed by atoms with Gasteiger partial charge in [-0.2, -0.15) is 4.72 Å². The van der Waals surface area contributed by atoms with Crippen LogP contribution in [0.2, 0.25) is 0 Å². The molecule has 1 atom stereocenters. The second kappa shape index (κ2) is 5.26. The van der Waals surface area contributed by atoms with Crippen molar-refractivity contribution in [2.24, 2.45) is 0 Å². The molecule has 0 fully saturated rings. The third kappa shape index (κ3) is 3.27. The van der Waals surface area contributed by atoms with Crippen molar-refractivity contribution in [2.75, 3.05) is 0 Å². The van der Waals surface area contributed by atoms with E-state index in [0.717, 1.165) is 11.3 Å². The van der Waals surface area contributed by atoms with Gasteiger partial charge in [-0.15, -0.1) is 11.3 Å². The van der Waals surface area contributed by atoms with Crippen molar-refractivity contribution in [3.63, 3.8) is 0 Å². The summed E-state index contributed by atoms with van der Waals surface area (Å²) < 4.78 is 26.4. The lowest BCUT2D eigenvalue weighted by Gasteiger charge is -2.11. The summed E-state index contributed by atoms with van der Waals surface area (Å²) in [5.41, 5.74) is 0. The maximum Gasteiger partial charge on any atom is 0.321 e. The third-order valence-electron chi connectivity index (χ3n) is 1.82. The molecule has 0 aliphatic rings. The van der Waals surface area contributed by atoms with Gasteiger partial charge in [-0.25, -0.2) is 8.42 Å². The predicted molar refractivity (Wildman–Crippen MR) is 64.1 cm³/mol. The zero-order chi connectivity index (χ0) is 12.3. The van der Waals surface area contributed by atoms with Crippen molar-refractivity contribution in [2.45, 2.75) is 23.6 Å². The molecule has 16 heavy (non-hydrogen) atoms. The second-order valence-electron chi connectivity index (χ2n) is 2.98. The number of carboxylic acid groups (broad SMARTS) is 1. The number of carboxylic acids is 1. The van der Waals surface area contributed by atoms with E-state index in [1.54, 1.807) is 13.0 Å². The minimum Gasteiger partial charge on any atom is -0.480 e. The number of rotatable bonds is 5. The van der Waals surface area contributed by atoms with E-state index in [4.69, 9.17) is 5.11 Å². The molecule has 8 heteroatoms. The first-order chi connectivity index (χ1) is 7.36. The van der Waals surface area contributed by atoms with Crippen LogP contribution in [0.4, 0.5) is 0 Å². The van der Waals surface area contributed by atoms with Gasteiger partial charge in [0.05, 0.1) is 3.79 Å². The number of thiophene rings is 1. The van der Waals surface area contributed by atoms with Gasteiger partial charge in [-0.05, 0) is 34.5 Å². The smallest absolute Gasteiger partial charge is 0.321 e. The standard InChI is InChI=1S/C8H10BrNO4S2/c1-2-5(8(11)12)10-16(13,14)7-4-3-6(9)15-7/h3-5,10H,2H2,1H3,(H,11,12)/t5-/m1/s1. The molecule has 0 radical (unpaired) electrons. The summed E-state index contributed by atoms with van der Waals surface area (Å²) in [6.07, 6.45) is 0.196. The van der Waals surface area contributed by atoms with Gasteiger partial charge in [0.2, 0.25) is 0 Å². The normalized spacial score (nSPS) is 13.6. The van der Waals surface area contributed by atoms with E-state index in [9.17, 15) is 13.2 Å². The van der Waals surface area contributed by atoms with Gasteiger partial charge in [0.15, 0.2) is 0 Å². The third-order valence-corrected chi connectivity index (χ3v) is 5.40. The number of hydrogen-bond acceptors (Lipinski definition) is 4. The SMILES string of the molecule is CC[C@@H](NS(=O)(=O)c1ccc(Br)s1)C(=O)O. The highest BCUT2D eigenvalue weighted by Crippen LogP contribution is 2.26. The van der Waals surface area contributed by atoms with Crippen molar-refractivity contribution < 1.29 is 18.3 Å². The van der Waals surface area contributed by atoms with Crippen molar-refractivity contribution in [1.82, 2.24) is 4.72 Å². The Bertz CT molecular complexity index is 482. The maximum absolute atomic E-state index is 11.7. The molecule has 1 aromatic heterocycles. The average Bonchev–Trinajstić information content (AvgIpc) is 2.61. The molecule has 90 valence electrons. The fraction of sp³-hybridized carbons (Fsp3) is 0.375. The molecule has 0 aliphatic carbocycles. The topological polar surface area (TPSA) is 83.5 Å². The van der Waals surface area contributed by atoms with Gasteiger partial charge < -0.3 is 5.11 Å². The largest absolute Gasteiger partial charge is 0.480 e. The van der Waals surface area contributed by atoms with Crippen molar-refractivity contribution >= 4 is 43.3 Å². The number of carbonyl (C=O) groups is 1. The average molecular weight is 328 g/mol. The van der Waals surface area contributed by atoms with Gasteiger partial charge >= 0.3 is 5.97 Å². The fourth-order valence-corrected chi connectivity index (χ4v) is 4.29. The Morgan fingerprint density at radius 1 is 1.62 bits per heavy atom.